The van der Waals surface area contributed by atoms with Gasteiger partial charge in [0, 0.05) is 36.5 Å². The summed E-state index contributed by atoms with van der Waals surface area (Å²) in [4.78, 5) is 27.0. The maximum Gasteiger partial charge on any atom is 0.253 e. The van der Waals surface area contributed by atoms with Gasteiger partial charge in [0.05, 0.1) is 13.2 Å². The maximum atomic E-state index is 12.8. The maximum absolute atomic E-state index is 12.8. The van der Waals surface area contributed by atoms with E-state index in [0.29, 0.717) is 44.7 Å². The second-order valence-electron chi connectivity index (χ2n) is 8.52. The van der Waals surface area contributed by atoms with Gasteiger partial charge < -0.3 is 19.7 Å². The molecule has 4 rings (SSSR count). The van der Waals surface area contributed by atoms with Gasteiger partial charge in [-0.25, -0.2) is 0 Å². The number of rotatable bonds is 9. The fourth-order valence-electron chi connectivity index (χ4n) is 4.31. The molecule has 2 amide bonds. The predicted octanol–water partition coefficient (Wildman–Crippen LogP) is 4.82. The summed E-state index contributed by atoms with van der Waals surface area (Å²) in [7, 11) is 0. The largest absolute Gasteiger partial charge is 0.494 e. The molecule has 0 aliphatic carbocycles. The Labute approximate surface area is 200 Å². The van der Waals surface area contributed by atoms with Crippen LogP contribution in [0.25, 0.3) is 10.8 Å². The van der Waals surface area contributed by atoms with Crippen molar-refractivity contribution in [2.24, 2.45) is 0 Å². The van der Waals surface area contributed by atoms with Crippen LogP contribution >= 0.6 is 0 Å². The van der Waals surface area contributed by atoms with E-state index in [1.807, 2.05) is 66.4 Å². The zero-order valence-corrected chi connectivity index (χ0v) is 19.7. The third-order valence-corrected chi connectivity index (χ3v) is 6.11. The topological polar surface area (TPSA) is 67.9 Å². The van der Waals surface area contributed by atoms with Crippen LogP contribution < -0.4 is 14.8 Å². The van der Waals surface area contributed by atoms with E-state index in [0.717, 1.165) is 35.1 Å². The van der Waals surface area contributed by atoms with E-state index in [4.69, 9.17) is 9.47 Å². The van der Waals surface area contributed by atoms with Crippen molar-refractivity contribution in [2.75, 3.05) is 26.3 Å². The van der Waals surface area contributed by atoms with E-state index in [9.17, 15) is 9.59 Å². The number of nitrogens with one attached hydrogen (secondary N) is 1. The molecule has 178 valence electrons. The smallest absolute Gasteiger partial charge is 0.253 e. The van der Waals surface area contributed by atoms with Crippen LogP contribution in [-0.2, 0) is 4.79 Å². The average molecular weight is 461 g/mol. The Bertz CT molecular complexity index is 1100. The van der Waals surface area contributed by atoms with E-state index >= 15 is 0 Å². The van der Waals surface area contributed by atoms with Gasteiger partial charge in [-0.15, -0.1) is 0 Å². The molecule has 1 N–H and O–H groups in total. The van der Waals surface area contributed by atoms with Crippen LogP contribution in [0.4, 0.5) is 0 Å². The molecule has 0 aromatic heterocycles. The minimum Gasteiger partial charge on any atom is -0.494 e. The van der Waals surface area contributed by atoms with Crippen molar-refractivity contribution in [1.29, 1.82) is 0 Å². The Hall–Kier alpha value is -3.54. The molecule has 1 aliphatic rings. The normalized spacial score (nSPS) is 14.1. The quantitative estimate of drug-likeness (QED) is 0.465. The molecule has 0 radical (unpaired) electrons. The van der Waals surface area contributed by atoms with Crippen molar-refractivity contribution < 1.29 is 19.1 Å². The molecular weight excluding hydrogens is 428 g/mol. The second kappa shape index (κ2) is 11.5. The molecule has 1 saturated heterocycles. The fourth-order valence-corrected chi connectivity index (χ4v) is 4.31. The molecular formula is C28H32N2O4. The first kappa shape index (κ1) is 23.6. The molecule has 0 atom stereocenters. The van der Waals surface area contributed by atoms with E-state index in [2.05, 4.69) is 17.4 Å². The molecule has 34 heavy (non-hydrogen) atoms. The van der Waals surface area contributed by atoms with Crippen LogP contribution in [-0.4, -0.2) is 49.1 Å². The highest BCUT2D eigenvalue weighted by atomic mass is 16.5. The van der Waals surface area contributed by atoms with Crippen molar-refractivity contribution in [3.8, 4) is 11.5 Å². The first-order valence-corrected chi connectivity index (χ1v) is 12.1. The summed E-state index contributed by atoms with van der Waals surface area (Å²) in [5.41, 5.74) is 0.664. The van der Waals surface area contributed by atoms with Crippen LogP contribution in [0, 0.1) is 0 Å². The zero-order valence-electron chi connectivity index (χ0n) is 19.7. The fraction of sp³-hybridized carbons (Fsp3) is 0.357. The molecule has 1 fully saturated rings. The van der Waals surface area contributed by atoms with Gasteiger partial charge in [-0.05, 0) is 61.9 Å². The lowest BCUT2D eigenvalue weighted by Crippen LogP contribution is -2.46. The lowest BCUT2D eigenvalue weighted by molar-refractivity contribution is -0.122. The molecule has 0 saturated carbocycles. The van der Waals surface area contributed by atoms with Crippen molar-refractivity contribution in [3.05, 3.63) is 72.3 Å². The number of hydrogen-bond donors (Lipinski definition) is 1. The highest BCUT2D eigenvalue weighted by Gasteiger charge is 2.24. The number of piperidine rings is 1. The number of benzene rings is 3. The summed E-state index contributed by atoms with van der Waals surface area (Å²) in [6.45, 7) is 4.31. The second-order valence-corrected chi connectivity index (χ2v) is 8.52. The number of hydrogen-bond acceptors (Lipinski definition) is 4. The summed E-state index contributed by atoms with van der Waals surface area (Å²) in [5.74, 6) is 1.68. The molecule has 6 nitrogen and oxygen atoms in total. The Morgan fingerprint density at radius 1 is 0.941 bits per heavy atom. The standard InChI is InChI=1S/C28H32N2O4/c1-2-33-24-14-12-22(13-15-24)28(32)30-18-16-23(17-19-30)29-27(31)11-6-20-34-26-10-5-8-21-7-3-4-9-25(21)26/h3-5,7-10,12-15,23H,2,6,11,16-20H2,1H3,(H,29,31). The average Bonchev–Trinajstić information content (AvgIpc) is 2.87. The van der Waals surface area contributed by atoms with Crippen LogP contribution in [0.1, 0.15) is 43.0 Å². The highest BCUT2D eigenvalue weighted by Crippen LogP contribution is 2.25. The lowest BCUT2D eigenvalue weighted by Gasteiger charge is -2.32. The molecule has 0 unspecified atom stereocenters. The predicted molar refractivity (Wildman–Crippen MR) is 133 cm³/mol. The molecule has 0 spiro atoms. The van der Waals surface area contributed by atoms with E-state index in [1.165, 1.54) is 0 Å². The Balaban J connectivity index is 1.16. The molecule has 6 heteroatoms. The van der Waals surface area contributed by atoms with Crippen molar-refractivity contribution in [1.82, 2.24) is 10.2 Å². The van der Waals surface area contributed by atoms with Gasteiger partial charge in [-0.1, -0.05) is 36.4 Å². The van der Waals surface area contributed by atoms with E-state index in [1.54, 1.807) is 0 Å². The summed E-state index contributed by atoms with van der Waals surface area (Å²) in [6, 6.07) is 21.5. The number of fused-ring (bicyclic) bond motifs is 1. The zero-order chi connectivity index (χ0) is 23.8. The monoisotopic (exact) mass is 460 g/mol. The number of likely N-dealkylation sites (tertiary alicyclic amines) is 1. The molecule has 1 aliphatic heterocycles. The minimum absolute atomic E-state index is 0.0263. The van der Waals surface area contributed by atoms with Crippen LogP contribution in [0.15, 0.2) is 66.7 Å². The number of amides is 2. The van der Waals surface area contributed by atoms with Crippen LogP contribution in [0.5, 0.6) is 11.5 Å². The molecule has 3 aromatic carbocycles. The van der Waals surface area contributed by atoms with Crippen molar-refractivity contribution >= 4 is 22.6 Å². The Morgan fingerprint density at radius 3 is 2.44 bits per heavy atom. The number of nitrogens with zero attached hydrogens (tertiary/aromatic N) is 1. The number of ether oxygens (including phenoxy) is 2. The van der Waals surface area contributed by atoms with Crippen LogP contribution in [0.3, 0.4) is 0 Å². The number of carbonyl (C=O) groups is 2. The van der Waals surface area contributed by atoms with E-state index in [-0.39, 0.29) is 17.9 Å². The summed E-state index contributed by atoms with van der Waals surface area (Å²) in [6.07, 6.45) is 2.61. The SMILES string of the molecule is CCOc1ccc(C(=O)N2CCC(NC(=O)CCCOc3cccc4ccccc34)CC2)cc1. The third kappa shape index (κ3) is 6.07. The van der Waals surface area contributed by atoms with Gasteiger partial charge in [0.15, 0.2) is 0 Å². The van der Waals surface area contributed by atoms with Crippen molar-refractivity contribution in [3.63, 3.8) is 0 Å². The van der Waals surface area contributed by atoms with Gasteiger partial charge in [-0.3, -0.25) is 9.59 Å². The van der Waals surface area contributed by atoms with Gasteiger partial charge in [-0.2, -0.15) is 0 Å². The van der Waals surface area contributed by atoms with Gasteiger partial charge in [0.1, 0.15) is 11.5 Å². The molecule has 3 aromatic rings. The van der Waals surface area contributed by atoms with Gasteiger partial charge in [0.25, 0.3) is 5.91 Å². The van der Waals surface area contributed by atoms with Gasteiger partial charge in [0.2, 0.25) is 5.91 Å². The Morgan fingerprint density at radius 2 is 1.68 bits per heavy atom. The Kier molecular flexibility index (Phi) is 8.02. The first-order chi connectivity index (χ1) is 16.6. The summed E-state index contributed by atoms with van der Waals surface area (Å²) < 4.78 is 11.4. The summed E-state index contributed by atoms with van der Waals surface area (Å²) in [5, 5.41) is 5.35. The summed E-state index contributed by atoms with van der Waals surface area (Å²) >= 11 is 0. The highest BCUT2D eigenvalue weighted by molar-refractivity contribution is 5.94. The first-order valence-electron chi connectivity index (χ1n) is 12.1. The van der Waals surface area contributed by atoms with Crippen LogP contribution in [0.2, 0.25) is 0 Å². The number of carbonyl (C=O) groups excluding carboxylic acids is 2. The third-order valence-electron chi connectivity index (χ3n) is 6.11. The van der Waals surface area contributed by atoms with E-state index < -0.39 is 0 Å². The lowest BCUT2D eigenvalue weighted by atomic mass is 10.0. The van der Waals surface area contributed by atoms with Gasteiger partial charge >= 0.3 is 0 Å². The molecule has 0 bridgehead atoms. The minimum atomic E-state index is 0.0263. The molecule has 1 heterocycles. The van der Waals surface area contributed by atoms with Crippen molar-refractivity contribution in [2.45, 2.75) is 38.6 Å².